The Hall–Kier alpha value is -3.81. The molecule has 2 aromatic heterocycles. The van der Waals surface area contributed by atoms with Crippen LogP contribution in [0.25, 0.3) is 22.5 Å². The molecule has 0 aliphatic rings. The van der Waals surface area contributed by atoms with E-state index in [1.165, 1.54) is 50.9 Å². The second-order valence-electron chi connectivity index (χ2n) is 8.55. The molecule has 17 heteroatoms. The molecule has 0 unspecified atom stereocenters. The number of hydrogen-bond donors (Lipinski definition) is 0. The van der Waals surface area contributed by atoms with Crippen LogP contribution < -0.4 is 9.47 Å². The summed E-state index contributed by atoms with van der Waals surface area (Å²) in [6.07, 6.45) is -17.3. The average molecular weight is 836 g/mol. The van der Waals surface area contributed by atoms with Gasteiger partial charge in [-0.3, -0.25) is 0 Å². The predicted molar refractivity (Wildman–Crippen MR) is 130 cm³/mol. The van der Waals surface area contributed by atoms with Gasteiger partial charge >= 0.3 is 45.8 Å². The van der Waals surface area contributed by atoms with Crippen LogP contribution in [-0.4, -0.2) is 24.2 Å². The second kappa shape index (κ2) is 14.1. The van der Waals surface area contributed by atoms with Crippen LogP contribution in [-0.2, 0) is 45.8 Å². The fraction of sp³-hybridized carbons (Fsp3) is 0.214. The number of aromatic nitrogens is 2. The Balaban J connectivity index is 0.000000307. The van der Waals surface area contributed by atoms with E-state index >= 15 is 0 Å². The Morgan fingerprint density at radius 3 is 1.11 bits per heavy atom. The molecule has 0 N–H and O–H groups in total. The third kappa shape index (κ3) is 10.1. The van der Waals surface area contributed by atoms with Gasteiger partial charge < -0.3 is 19.4 Å². The first kappa shape index (κ1) is 37.4. The van der Waals surface area contributed by atoms with Gasteiger partial charge in [-0.15, -0.1) is 47.5 Å². The smallest absolute Gasteiger partial charge is 0.497 e. The van der Waals surface area contributed by atoms with E-state index in [0.717, 1.165) is 0 Å². The van der Waals surface area contributed by atoms with Crippen LogP contribution in [0.3, 0.4) is 0 Å². The molecule has 2 aromatic carbocycles. The van der Waals surface area contributed by atoms with Gasteiger partial charge in [-0.2, -0.15) is 52.7 Å². The van der Waals surface area contributed by atoms with Crippen molar-refractivity contribution in [3.05, 3.63) is 95.3 Å². The van der Waals surface area contributed by atoms with Gasteiger partial charge in [0.15, 0.2) is 0 Å². The maximum absolute atomic E-state index is 12.8. The van der Waals surface area contributed by atoms with Gasteiger partial charge in [0.05, 0.1) is 14.2 Å². The summed E-state index contributed by atoms with van der Waals surface area (Å²) in [5.41, 5.74) is -6.89. The van der Waals surface area contributed by atoms with E-state index in [9.17, 15) is 52.7 Å². The molecule has 0 amide bonds. The number of halogens is 12. The molecule has 4 aromatic rings. The summed E-state index contributed by atoms with van der Waals surface area (Å²) in [6.45, 7) is 0. The number of nitrogens with zero attached hydrogens (tertiary/aromatic N) is 2. The van der Waals surface area contributed by atoms with Gasteiger partial charge in [-0.1, -0.05) is 0 Å². The normalized spacial score (nSPS) is 12.0. The van der Waals surface area contributed by atoms with E-state index in [0.29, 0.717) is 12.1 Å². The maximum atomic E-state index is 12.8. The zero-order chi connectivity index (χ0) is 33.1. The van der Waals surface area contributed by atoms with Crippen LogP contribution >= 0.6 is 0 Å². The number of benzene rings is 2. The number of methoxy groups -OCH3 is 2. The van der Waals surface area contributed by atoms with Gasteiger partial charge in [0, 0.05) is 12.4 Å². The Kier molecular flexibility index (Phi) is 11.7. The van der Waals surface area contributed by atoms with Gasteiger partial charge in [0.1, 0.15) is 11.5 Å². The Labute approximate surface area is 261 Å². The van der Waals surface area contributed by atoms with Crippen molar-refractivity contribution >= 4 is 0 Å². The van der Waals surface area contributed by atoms with Crippen molar-refractivity contribution in [3.63, 3.8) is 0 Å². The van der Waals surface area contributed by atoms with Crippen molar-refractivity contribution in [3.8, 4) is 34.0 Å². The van der Waals surface area contributed by atoms with Crippen LogP contribution in [0.5, 0.6) is 11.5 Å². The molecule has 2 heterocycles. The number of alkyl halides is 12. The first-order valence-corrected chi connectivity index (χ1v) is 11.7. The summed E-state index contributed by atoms with van der Waals surface area (Å²) >= 11 is 0. The molecule has 0 spiro atoms. The summed E-state index contributed by atoms with van der Waals surface area (Å²) in [5.74, 6) is 0.508. The van der Waals surface area contributed by atoms with Crippen molar-refractivity contribution in [2.75, 3.05) is 14.2 Å². The average Bonchev–Trinajstić information content (AvgIpc) is 2.95. The van der Waals surface area contributed by atoms with E-state index in [4.69, 9.17) is 9.47 Å². The molecule has 0 radical (unpaired) electrons. The zero-order valence-corrected chi connectivity index (χ0v) is 24.6. The summed E-state index contributed by atoms with van der Waals surface area (Å²) in [5, 5.41) is 0. The molecule has 0 aliphatic heterocycles. The second-order valence-corrected chi connectivity index (χ2v) is 8.55. The van der Waals surface area contributed by atoms with Gasteiger partial charge in [-0.25, -0.2) is 0 Å². The van der Waals surface area contributed by atoms with Crippen LogP contribution in [0.2, 0.25) is 0 Å². The number of rotatable bonds is 4. The van der Waals surface area contributed by atoms with E-state index < -0.39 is 58.1 Å². The molecular weight excluding hydrogens is 819 g/mol. The van der Waals surface area contributed by atoms with E-state index in [-0.39, 0.29) is 56.1 Å². The topological polar surface area (TPSA) is 44.2 Å². The molecule has 4 rings (SSSR count). The van der Waals surface area contributed by atoms with Crippen LogP contribution in [0.4, 0.5) is 52.7 Å². The third-order valence-corrected chi connectivity index (χ3v) is 5.49. The molecule has 0 saturated heterocycles. The SMILES string of the molecule is COc1ccnc(-c2[c-]c(C(F)(F)F)cc(C(F)(F)F)c2)c1.COc1ccnc(-c2[c-]c(C(F)(F)F)cc(C(F)(F)F)c2)c1.[Pt+2]. The summed E-state index contributed by atoms with van der Waals surface area (Å²) in [4.78, 5) is 7.52. The van der Waals surface area contributed by atoms with E-state index in [1.54, 1.807) is 0 Å². The molecule has 0 bridgehead atoms. The van der Waals surface area contributed by atoms with Gasteiger partial charge in [0.25, 0.3) is 0 Å². The monoisotopic (exact) mass is 835 g/mol. The minimum Gasteiger partial charge on any atom is -0.497 e. The summed E-state index contributed by atoms with van der Waals surface area (Å²) < 4.78 is 163. The maximum Gasteiger partial charge on any atom is 2.00 e. The first-order chi connectivity index (χ1) is 20.2. The molecular formula is C28H16F12N2O2Pt. The minimum absolute atomic E-state index is 0. The Morgan fingerprint density at radius 2 is 0.844 bits per heavy atom. The Morgan fingerprint density at radius 1 is 0.511 bits per heavy atom. The largest absolute Gasteiger partial charge is 2.00 e. The number of pyridine rings is 2. The zero-order valence-electron chi connectivity index (χ0n) is 22.3. The standard InChI is InChI=1S/2C14H8F6NO.Pt/c2*1-22-11-2-3-21-12(7-11)8-4-9(13(15,16)17)6-10(5-8)14(18,19)20;/h2*2-4,6-7H,1H3;/q2*-1;+2. The van der Waals surface area contributed by atoms with Gasteiger partial charge in [-0.05, 0) is 57.9 Å². The Bertz CT molecular complexity index is 1420. The van der Waals surface area contributed by atoms with E-state index in [1.807, 2.05) is 12.1 Å². The van der Waals surface area contributed by atoms with Crippen LogP contribution in [0.15, 0.2) is 60.9 Å². The fourth-order valence-electron chi connectivity index (χ4n) is 3.42. The molecule has 0 atom stereocenters. The molecule has 0 saturated carbocycles. The van der Waals surface area contributed by atoms with Crippen molar-refractivity contribution < 1.29 is 83.2 Å². The van der Waals surface area contributed by atoms with Crippen molar-refractivity contribution in [1.82, 2.24) is 9.97 Å². The molecule has 45 heavy (non-hydrogen) atoms. The third-order valence-electron chi connectivity index (χ3n) is 5.49. The van der Waals surface area contributed by atoms with Gasteiger partial charge in [0.2, 0.25) is 0 Å². The van der Waals surface area contributed by atoms with E-state index in [2.05, 4.69) is 9.97 Å². The summed E-state index contributed by atoms with van der Waals surface area (Å²) in [6, 6.07) is 10.3. The predicted octanol–water partition coefficient (Wildman–Crippen LogP) is 9.19. The number of hydrogen-bond acceptors (Lipinski definition) is 4. The molecule has 244 valence electrons. The fourth-order valence-corrected chi connectivity index (χ4v) is 3.42. The van der Waals surface area contributed by atoms with Crippen LogP contribution in [0.1, 0.15) is 22.3 Å². The minimum atomic E-state index is -4.95. The molecule has 0 aliphatic carbocycles. The quantitative estimate of drug-likeness (QED) is 0.152. The van der Waals surface area contributed by atoms with Crippen molar-refractivity contribution in [1.29, 1.82) is 0 Å². The first-order valence-electron chi connectivity index (χ1n) is 11.7. The van der Waals surface area contributed by atoms with Crippen molar-refractivity contribution in [2.24, 2.45) is 0 Å². The number of ether oxygens (including phenoxy) is 2. The summed E-state index contributed by atoms with van der Waals surface area (Å²) in [7, 11) is 2.63. The molecule has 0 fully saturated rings. The van der Waals surface area contributed by atoms with Crippen molar-refractivity contribution in [2.45, 2.75) is 24.7 Å². The molecule has 4 nitrogen and oxygen atoms in total. The van der Waals surface area contributed by atoms with Crippen LogP contribution in [0, 0.1) is 12.1 Å².